The summed E-state index contributed by atoms with van der Waals surface area (Å²) in [6.45, 7) is 0.706. The van der Waals surface area contributed by atoms with Gasteiger partial charge in [0.25, 0.3) is 0 Å². The summed E-state index contributed by atoms with van der Waals surface area (Å²) in [6.07, 6.45) is 8.47. The summed E-state index contributed by atoms with van der Waals surface area (Å²) in [5.41, 5.74) is 1.65. The number of hydrogen-bond donors (Lipinski definition) is 1. The molecule has 0 amide bonds. The maximum Gasteiger partial charge on any atom is 0.328 e. The molecule has 1 aromatic rings. The summed E-state index contributed by atoms with van der Waals surface area (Å²) in [4.78, 5) is 22.2. The van der Waals surface area contributed by atoms with Crippen LogP contribution in [0.15, 0.2) is 36.4 Å². The van der Waals surface area contributed by atoms with Gasteiger partial charge in [0, 0.05) is 12.7 Å². The average Bonchev–Trinajstić information content (AvgIpc) is 2.58. The van der Waals surface area contributed by atoms with E-state index in [0.717, 1.165) is 36.5 Å². The van der Waals surface area contributed by atoms with Crippen LogP contribution in [-0.2, 0) is 19.1 Å². The standard InChI is InChI=1S/C18H20O5.CH4/c19-16(13-23-18-3-1-2-12-22-18)10-8-14-4-6-15(7-5-14)9-11-17(20)21;/h4-11,18H,1-3,12-13H2,(H,20,21);1H4/b10-8+,11-9+;. The van der Waals surface area contributed by atoms with Crippen LogP contribution in [0.1, 0.15) is 37.8 Å². The molecule has 5 nitrogen and oxygen atoms in total. The number of ether oxygens (including phenoxy) is 2. The summed E-state index contributed by atoms with van der Waals surface area (Å²) in [6, 6.07) is 7.21. The fourth-order valence-corrected chi connectivity index (χ4v) is 2.14. The molecule has 1 aromatic carbocycles. The Balaban J connectivity index is 0.00000288. The molecule has 2 rings (SSSR count). The number of carboxylic acid groups (broad SMARTS) is 1. The number of benzene rings is 1. The van der Waals surface area contributed by atoms with Gasteiger partial charge in [0.2, 0.25) is 0 Å². The smallest absolute Gasteiger partial charge is 0.328 e. The van der Waals surface area contributed by atoms with E-state index in [-0.39, 0.29) is 26.1 Å². The van der Waals surface area contributed by atoms with Crippen molar-refractivity contribution >= 4 is 23.9 Å². The molecule has 0 aliphatic carbocycles. The van der Waals surface area contributed by atoms with Crippen LogP contribution in [0.4, 0.5) is 0 Å². The lowest BCUT2D eigenvalue weighted by Gasteiger charge is -2.21. The van der Waals surface area contributed by atoms with E-state index in [1.54, 1.807) is 18.2 Å². The first-order valence-electron chi connectivity index (χ1n) is 7.59. The van der Waals surface area contributed by atoms with Gasteiger partial charge in [-0.05, 0) is 42.5 Å². The average molecular weight is 332 g/mol. The summed E-state index contributed by atoms with van der Waals surface area (Å²) in [5.74, 6) is -1.10. The quantitative estimate of drug-likeness (QED) is 0.773. The fraction of sp³-hybridized carbons (Fsp3) is 0.368. The second kappa shape index (κ2) is 10.5. The number of rotatable bonds is 7. The zero-order valence-electron chi connectivity index (χ0n) is 12.8. The Labute approximate surface area is 142 Å². The molecule has 0 saturated carbocycles. The van der Waals surface area contributed by atoms with Crippen molar-refractivity contribution < 1.29 is 24.2 Å². The van der Waals surface area contributed by atoms with Gasteiger partial charge >= 0.3 is 5.97 Å². The highest BCUT2D eigenvalue weighted by Crippen LogP contribution is 2.13. The third kappa shape index (κ3) is 7.35. The maximum absolute atomic E-state index is 11.8. The molecule has 0 spiro atoms. The van der Waals surface area contributed by atoms with Crippen LogP contribution in [0.3, 0.4) is 0 Å². The van der Waals surface area contributed by atoms with Crippen molar-refractivity contribution in [3.05, 3.63) is 47.5 Å². The second-order valence-electron chi connectivity index (χ2n) is 5.25. The fourth-order valence-electron chi connectivity index (χ4n) is 2.14. The summed E-state index contributed by atoms with van der Waals surface area (Å²) < 4.78 is 10.8. The van der Waals surface area contributed by atoms with E-state index in [9.17, 15) is 9.59 Å². The molecule has 1 unspecified atom stereocenters. The van der Waals surface area contributed by atoms with Gasteiger partial charge in [0.1, 0.15) is 6.61 Å². The largest absolute Gasteiger partial charge is 0.478 e. The first-order chi connectivity index (χ1) is 11.1. The van der Waals surface area contributed by atoms with Gasteiger partial charge < -0.3 is 14.6 Å². The summed E-state index contributed by atoms with van der Waals surface area (Å²) >= 11 is 0. The Morgan fingerprint density at radius 1 is 1.12 bits per heavy atom. The van der Waals surface area contributed by atoms with E-state index >= 15 is 0 Å². The van der Waals surface area contributed by atoms with Crippen LogP contribution < -0.4 is 0 Å². The number of hydrogen-bond acceptors (Lipinski definition) is 4. The highest BCUT2D eigenvalue weighted by Gasteiger charge is 2.14. The topological polar surface area (TPSA) is 72.8 Å². The van der Waals surface area contributed by atoms with E-state index in [4.69, 9.17) is 14.6 Å². The molecule has 0 bridgehead atoms. The maximum atomic E-state index is 11.8. The molecule has 130 valence electrons. The molecule has 0 aromatic heterocycles. The van der Waals surface area contributed by atoms with E-state index in [0.29, 0.717) is 6.61 Å². The molecule has 1 N–H and O–H groups in total. The minimum atomic E-state index is -0.985. The third-order valence-electron chi connectivity index (χ3n) is 3.37. The highest BCUT2D eigenvalue weighted by molar-refractivity contribution is 5.94. The van der Waals surface area contributed by atoms with Gasteiger partial charge in [-0.1, -0.05) is 37.8 Å². The lowest BCUT2D eigenvalue weighted by Crippen LogP contribution is -2.24. The lowest BCUT2D eigenvalue weighted by molar-refractivity contribution is -0.167. The zero-order valence-corrected chi connectivity index (χ0v) is 12.8. The van der Waals surface area contributed by atoms with Crippen molar-refractivity contribution in [3.8, 4) is 0 Å². The molecule has 1 fully saturated rings. The predicted molar refractivity (Wildman–Crippen MR) is 93.4 cm³/mol. The Morgan fingerprint density at radius 3 is 2.29 bits per heavy atom. The molecule has 1 saturated heterocycles. The molecule has 0 radical (unpaired) electrons. The van der Waals surface area contributed by atoms with E-state index < -0.39 is 5.97 Å². The predicted octanol–water partition coefficient (Wildman–Crippen LogP) is 3.55. The van der Waals surface area contributed by atoms with Crippen LogP contribution in [-0.4, -0.2) is 36.4 Å². The van der Waals surface area contributed by atoms with Crippen molar-refractivity contribution in [2.45, 2.75) is 33.0 Å². The van der Waals surface area contributed by atoms with Gasteiger partial charge in [-0.3, -0.25) is 4.79 Å². The van der Waals surface area contributed by atoms with Crippen LogP contribution in [0.5, 0.6) is 0 Å². The van der Waals surface area contributed by atoms with Crippen molar-refractivity contribution in [1.29, 1.82) is 0 Å². The second-order valence-corrected chi connectivity index (χ2v) is 5.25. The molecule has 1 aliphatic heterocycles. The normalized spacial score (nSPS) is 17.8. The molecule has 1 aliphatic rings. The molecular weight excluding hydrogens is 308 g/mol. The molecular formula is C19H24O5. The number of carbonyl (C=O) groups excluding carboxylic acids is 1. The van der Waals surface area contributed by atoms with Gasteiger partial charge in [0.05, 0.1) is 0 Å². The molecule has 5 heteroatoms. The van der Waals surface area contributed by atoms with E-state index in [2.05, 4.69) is 0 Å². The number of carbonyl (C=O) groups is 2. The van der Waals surface area contributed by atoms with Crippen LogP contribution in [0, 0.1) is 0 Å². The monoisotopic (exact) mass is 332 g/mol. The van der Waals surface area contributed by atoms with E-state index in [1.807, 2.05) is 12.1 Å². The summed E-state index contributed by atoms with van der Waals surface area (Å²) in [5, 5.41) is 8.56. The molecule has 1 heterocycles. The Kier molecular flexibility index (Phi) is 8.68. The van der Waals surface area contributed by atoms with Gasteiger partial charge in [-0.25, -0.2) is 4.79 Å². The minimum absolute atomic E-state index is 0. The lowest BCUT2D eigenvalue weighted by atomic mass is 10.1. The van der Waals surface area contributed by atoms with Crippen molar-refractivity contribution in [1.82, 2.24) is 0 Å². The summed E-state index contributed by atoms with van der Waals surface area (Å²) in [7, 11) is 0. The Bertz CT molecular complexity index is 580. The third-order valence-corrected chi connectivity index (χ3v) is 3.37. The molecule has 1 atom stereocenters. The number of ketones is 1. The van der Waals surface area contributed by atoms with Gasteiger partial charge in [-0.15, -0.1) is 0 Å². The minimum Gasteiger partial charge on any atom is -0.478 e. The van der Waals surface area contributed by atoms with Crippen molar-refractivity contribution in [2.24, 2.45) is 0 Å². The first-order valence-corrected chi connectivity index (χ1v) is 7.59. The van der Waals surface area contributed by atoms with Crippen molar-refractivity contribution in [3.63, 3.8) is 0 Å². The van der Waals surface area contributed by atoms with Crippen LogP contribution in [0.2, 0.25) is 0 Å². The Hall–Kier alpha value is -2.24. The van der Waals surface area contributed by atoms with E-state index in [1.165, 1.54) is 12.2 Å². The van der Waals surface area contributed by atoms with Gasteiger partial charge in [0.15, 0.2) is 12.1 Å². The van der Waals surface area contributed by atoms with Gasteiger partial charge in [-0.2, -0.15) is 0 Å². The first kappa shape index (κ1) is 19.8. The van der Waals surface area contributed by atoms with Crippen molar-refractivity contribution in [2.75, 3.05) is 13.2 Å². The number of aliphatic carboxylic acids is 1. The Morgan fingerprint density at radius 2 is 1.75 bits per heavy atom. The SMILES string of the molecule is C.O=C(O)/C=C/c1ccc(/C=C/C(=O)COC2CCCCO2)cc1. The van der Waals surface area contributed by atoms with Crippen LogP contribution >= 0.6 is 0 Å². The zero-order chi connectivity index (χ0) is 16.5. The highest BCUT2D eigenvalue weighted by atomic mass is 16.7. The molecule has 24 heavy (non-hydrogen) atoms. The van der Waals surface area contributed by atoms with Crippen LogP contribution in [0.25, 0.3) is 12.2 Å². The number of carboxylic acids is 1.